The molecule has 0 bridgehead atoms. The van der Waals surface area contributed by atoms with E-state index in [1.807, 2.05) is 6.08 Å². The molecule has 0 aromatic carbocycles. The zero-order chi connectivity index (χ0) is 29.4. The lowest BCUT2D eigenvalue weighted by molar-refractivity contribution is -0.123. The minimum Gasteiger partial charge on any atom is -0.394 e. The van der Waals surface area contributed by atoms with Crippen molar-refractivity contribution in [1.82, 2.24) is 5.32 Å². The molecule has 0 aliphatic carbocycles. The van der Waals surface area contributed by atoms with Crippen molar-refractivity contribution in [3.05, 3.63) is 24.3 Å². The van der Waals surface area contributed by atoms with Crippen LogP contribution in [0.1, 0.15) is 181 Å². The predicted molar refractivity (Wildman–Crippen MR) is 175 cm³/mol. The molecule has 4 nitrogen and oxygen atoms in total. The highest BCUT2D eigenvalue weighted by Crippen LogP contribution is 2.13. The molecule has 2 atom stereocenters. The van der Waals surface area contributed by atoms with Gasteiger partial charge in [0.1, 0.15) is 0 Å². The van der Waals surface area contributed by atoms with E-state index in [1.165, 1.54) is 128 Å². The third-order valence-corrected chi connectivity index (χ3v) is 7.93. The van der Waals surface area contributed by atoms with Gasteiger partial charge >= 0.3 is 0 Å². The van der Waals surface area contributed by atoms with Crippen molar-refractivity contribution in [1.29, 1.82) is 0 Å². The van der Waals surface area contributed by atoms with Crippen LogP contribution in [0.15, 0.2) is 24.3 Å². The molecule has 0 aromatic rings. The molecule has 0 spiro atoms. The molecular formula is C36H69NO3. The Hall–Kier alpha value is -1.13. The summed E-state index contributed by atoms with van der Waals surface area (Å²) >= 11 is 0. The first kappa shape index (κ1) is 38.9. The molecule has 0 aliphatic heterocycles. The van der Waals surface area contributed by atoms with Gasteiger partial charge in [-0.15, -0.1) is 0 Å². The van der Waals surface area contributed by atoms with Crippen LogP contribution in [0.25, 0.3) is 0 Å². The molecule has 0 radical (unpaired) electrons. The maximum Gasteiger partial charge on any atom is 0.220 e. The van der Waals surface area contributed by atoms with Crippen molar-refractivity contribution < 1.29 is 15.0 Å². The average Bonchev–Trinajstić information content (AvgIpc) is 2.96. The SMILES string of the molecule is CCCCCCCC/C=C/CCCCCCCC(=O)N[C@@H](CO)[C@H](O)/C=C/CCCCCCCCCCCCC. The molecule has 40 heavy (non-hydrogen) atoms. The summed E-state index contributed by atoms with van der Waals surface area (Å²) < 4.78 is 0. The summed E-state index contributed by atoms with van der Waals surface area (Å²) in [6, 6.07) is -0.621. The molecule has 3 N–H and O–H groups in total. The summed E-state index contributed by atoms with van der Waals surface area (Å²) in [5.41, 5.74) is 0. The molecule has 0 saturated carbocycles. The van der Waals surface area contributed by atoms with Gasteiger partial charge in [-0.05, 0) is 44.9 Å². The first-order chi connectivity index (χ1) is 19.7. The minimum atomic E-state index is -0.837. The van der Waals surface area contributed by atoms with Gasteiger partial charge in [-0.25, -0.2) is 0 Å². The smallest absolute Gasteiger partial charge is 0.220 e. The van der Waals surface area contributed by atoms with Gasteiger partial charge in [-0.3, -0.25) is 4.79 Å². The maximum atomic E-state index is 12.3. The van der Waals surface area contributed by atoms with E-state index < -0.39 is 12.1 Å². The lowest BCUT2D eigenvalue weighted by Crippen LogP contribution is -2.45. The summed E-state index contributed by atoms with van der Waals surface area (Å²) in [6.45, 7) is 4.28. The Balaban J connectivity index is 3.65. The van der Waals surface area contributed by atoms with Crippen LogP contribution in [0.4, 0.5) is 0 Å². The van der Waals surface area contributed by atoms with Crippen molar-refractivity contribution >= 4 is 5.91 Å². The summed E-state index contributed by atoms with van der Waals surface area (Å²) in [4.78, 5) is 12.3. The van der Waals surface area contributed by atoms with Crippen LogP contribution in [0.2, 0.25) is 0 Å². The molecule has 236 valence electrons. The molecule has 0 unspecified atom stereocenters. The highest BCUT2D eigenvalue weighted by atomic mass is 16.3. The van der Waals surface area contributed by atoms with E-state index >= 15 is 0 Å². The number of aliphatic hydroxyl groups excluding tert-OH is 2. The maximum absolute atomic E-state index is 12.3. The van der Waals surface area contributed by atoms with Gasteiger partial charge in [0.2, 0.25) is 5.91 Å². The Kier molecular flexibility index (Phi) is 31.5. The lowest BCUT2D eigenvalue weighted by Gasteiger charge is -2.20. The molecule has 0 aliphatic rings. The van der Waals surface area contributed by atoms with Gasteiger partial charge in [0.25, 0.3) is 0 Å². The van der Waals surface area contributed by atoms with Crippen LogP contribution in [-0.4, -0.2) is 34.9 Å². The second-order valence-corrected chi connectivity index (χ2v) is 11.9. The number of nitrogens with one attached hydrogen (secondary N) is 1. The molecule has 0 fully saturated rings. The Morgan fingerprint density at radius 3 is 1.38 bits per heavy atom. The molecule has 4 heteroatoms. The minimum absolute atomic E-state index is 0.0745. The number of hydrogen-bond acceptors (Lipinski definition) is 3. The second kappa shape index (κ2) is 32.4. The van der Waals surface area contributed by atoms with Crippen LogP contribution in [0.3, 0.4) is 0 Å². The molecule has 0 saturated heterocycles. The fraction of sp³-hybridized carbons (Fsp3) is 0.861. The largest absolute Gasteiger partial charge is 0.394 e. The number of carbonyl (C=O) groups is 1. The number of aliphatic hydroxyl groups is 2. The number of unbranched alkanes of at least 4 members (excludes halogenated alkanes) is 22. The van der Waals surface area contributed by atoms with Gasteiger partial charge in [-0.1, -0.05) is 154 Å². The molecule has 1 amide bonds. The van der Waals surface area contributed by atoms with E-state index in [1.54, 1.807) is 6.08 Å². The third-order valence-electron chi connectivity index (χ3n) is 7.93. The van der Waals surface area contributed by atoms with E-state index in [0.717, 1.165) is 32.1 Å². The number of amides is 1. The van der Waals surface area contributed by atoms with E-state index in [4.69, 9.17) is 0 Å². The predicted octanol–water partition coefficient (Wildman–Crippen LogP) is 10.1. The van der Waals surface area contributed by atoms with E-state index in [9.17, 15) is 15.0 Å². The van der Waals surface area contributed by atoms with Gasteiger partial charge in [0.15, 0.2) is 0 Å². The van der Waals surface area contributed by atoms with Gasteiger partial charge in [0, 0.05) is 6.42 Å². The summed E-state index contributed by atoms with van der Waals surface area (Å²) in [5.74, 6) is -0.0745. The summed E-state index contributed by atoms with van der Waals surface area (Å²) in [5, 5.41) is 22.8. The standard InChI is InChI=1S/C36H69NO3/c1-3-5-7-9-11-13-15-17-18-20-22-24-26-28-30-32-36(40)37-34(33-38)35(39)31-29-27-25-23-21-19-16-14-12-10-8-6-4-2/h17-18,29,31,34-35,38-39H,3-16,19-28,30,32-33H2,1-2H3,(H,37,40)/b18-17+,31-29+/t34-,35+/m0/s1. The van der Waals surface area contributed by atoms with Crippen LogP contribution < -0.4 is 5.32 Å². The van der Waals surface area contributed by atoms with Gasteiger partial charge < -0.3 is 15.5 Å². The fourth-order valence-corrected chi connectivity index (χ4v) is 5.17. The van der Waals surface area contributed by atoms with Gasteiger partial charge in [0.05, 0.1) is 18.8 Å². The van der Waals surface area contributed by atoms with E-state index in [-0.39, 0.29) is 12.5 Å². The topological polar surface area (TPSA) is 69.6 Å². The molecule has 0 rings (SSSR count). The van der Waals surface area contributed by atoms with Crippen LogP contribution >= 0.6 is 0 Å². The molecular weight excluding hydrogens is 494 g/mol. The first-order valence-corrected chi connectivity index (χ1v) is 17.6. The Morgan fingerprint density at radius 2 is 0.950 bits per heavy atom. The Morgan fingerprint density at radius 1 is 0.575 bits per heavy atom. The van der Waals surface area contributed by atoms with Crippen molar-refractivity contribution in [2.75, 3.05) is 6.61 Å². The van der Waals surface area contributed by atoms with Crippen molar-refractivity contribution in [2.24, 2.45) is 0 Å². The number of hydrogen-bond donors (Lipinski definition) is 3. The number of allylic oxidation sites excluding steroid dienone is 3. The Labute approximate surface area is 249 Å². The highest BCUT2D eigenvalue weighted by Gasteiger charge is 2.17. The number of carbonyl (C=O) groups excluding carboxylic acids is 1. The normalized spacial score (nSPS) is 13.4. The molecule has 0 aromatic heterocycles. The highest BCUT2D eigenvalue weighted by molar-refractivity contribution is 5.76. The van der Waals surface area contributed by atoms with Crippen LogP contribution in [-0.2, 0) is 4.79 Å². The van der Waals surface area contributed by atoms with Crippen LogP contribution in [0.5, 0.6) is 0 Å². The van der Waals surface area contributed by atoms with Crippen molar-refractivity contribution in [3.63, 3.8) is 0 Å². The van der Waals surface area contributed by atoms with Crippen molar-refractivity contribution in [3.8, 4) is 0 Å². The zero-order valence-corrected chi connectivity index (χ0v) is 26.9. The summed E-state index contributed by atoms with van der Waals surface area (Å²) in [7, 11) is 0. The van der Waals surface area contributed by atoms with E-state index in [0.29, 0.717) is 6.42 Å². The monoisotopic (exact) mass is 564 g/mol. The average molecular weight is 564 g/mol. The molecule has 0 heterocycles. The summed E-state index contributed by atoms with van der Waals surface area (Å²) in [6.07, 6.45) is 39.7. The second-order valence-electron chi connectivity index (χ2n) is 11.9. The quantitative estimate of drug-likeness (QED) is 0.0580. The third kappa shape index (κ3) is 28.4. The number of rotatable bonds is 31. The Bertz CT molecular complexity index is 574. The van der Waals surface area contributed by atoms with Crippen LogP contribution in [0, 0.1) is 0 Å². The van der Waals surface area contributed by atoms with E-state index in [2.05, 4.69) is 31.3 Å². The lowest BCUT2D eigenvalue weighted by atomic mass is 10.0. The zero-order valence-electron chi connectivity index (χ0n) is 26.9. The first-order valence-electron chi connectivity index (χ1n) is 17.6. The van der Waals surface area contributed by atoms with Crippen molar-refractivity contribution in [2.45, 2.75) is 193 Å². The van der Waals surface area contributed by atoms with Gasteiger partial charge in [-0.2, -0.15) is 0 Å². The fourth-order valence-electron chi connectivity index (χ4n) is 5.17.